The lowest BCUT2D eigenvalue weighted by Crippen LogP contribution is -2.15. The van der Waals surface area contributed by atoms with Gasteiger partial charge in [0.15, 0.2) is 0 Å². The molecule has 84 valence electrons. The molecule has 1 aromatic carbocycles. The van der Waals surface area contributed by atoms with Gasteiger partial charge in [0, 0.05) is 12.7 Å². The van der Waals surface area contributed by atoms with Crippen LogP contribution in [0.5, 0.6) is 0 Å². The van der Waals surface area contributed by atoms with E-state index in [1.807, 2.05) is 5.43 Å². The molecule has 0 radical (unpaired) electrons. The van der Waals surface area contributed by atoms with Gasteiger partial charge in [-0.25, -0.2) is 0 Å². The van der Waals surface area contributed by atoms with E-state index in [4.69, 9.17) is 0 Å². The van der Waals surface area contributed by atoms with Crippen molar-refractivity contribution in [2.24, 2.45) is 0 Å². The Morgan fingerprint density at radius 3 is 2.69 bits per heavy atom. The van der Waals surface area contributed by atoms with E-state index in [1.54, 1.807) is 36.1 Å². The molecule has 6 nitrogen and oxygen atoms in total. The lowest BCUT2D eigenvalue weighted by Gasteiger charge is -2.04. The van der Waals surface area contributed by atoms with Crippen LogP contribution in [-0.4, -0.2) is 13.0 Å². The van der Waals surface area contributed by atoms with Gasteiger partial charge in [0.05, 0.1) is 4.95 Å². The minimum Gasteiger partial charge on any atom is -0.764 e. The molecule has 0 spiro atoms. The lowest BCUT2D eigenvalue weighted by atomic mass is 10.2. The number of nitrogens with one attached hydrogen (secondary N) is 1. The van der Waals surface area contributed by atoms with Gasteiger partial charge in [0.1, 0.15) is 0 Å². The Balaban J connectivity index is 2.64. The fourth-order valence-electron chi connectivity index (χ4n) is 0.832. The topological polar surface area (TPSA) is 82.8 Å². The number of hydrogen-bond acceptors (Lipinski definition) is 4. The number of nitrogens with zero attached hydrogens (tertiary/aromatic N) is 1. The number of rotatable bonds is 2. The molecule has 1 rings (SSSR count). The number of benzene rings is 1. The fourth-order valence-corrected chi connectivity index (χ4v) is 1.09. The zero-order chi connectivity index (χ0) is 12.0. The molecule has 1 amide bonds. The summed E-state index contributed by atoms with van der Waals surface area (Å²) in [6.07, 6.45) is 0. The van der Waals surface area contributed by atoms with Gasteiger partial charge in [-0.05, 0) is 17.6 Å². The summed E-state index contributed by atoms with van der Waals surface area (Å²) in [6.45, 7) is 0. The van der Waals surface area contributed by atoms with Gasteiger partial charge in [-0.2, -0.15) is 0 Å². The lowest BCUT2D eigenvalue weighted by molar-refractivity contribution is -0.191. The predicted molar refractivity (Wildman–Crippen MR) is 55.8 cm³/mol. The first-order valence-corrected chi connectivity index (χ1v) is 5.78. The summed E-state index contributed by atoms with van der Waals surface area (Å²) in [5.74, 6) is 1.16. The molecule has 0 saturated heterocycles. The van der Waals surface area contributed by atoms with Crippen molar-refractivity contribution >= 4 is 13.5 Å². The minimum atomic E-state index is -4.20. The van der Waals surface area contributed by atoms with E-state index in [0.29, 0.717) is 5.56 Å². The summed E-state index contributed by atoms with van der Waals surface area (Å²) in [7, 11) is -3.22. The van der Waals surface area contributed by atoms with E-state index in [1.165, 1.54) is 0 Å². The Bertz CT molecular complexity index is 477. The van der Waals surface area contributed by atoms with Crippen molar-refractivity contribution in [1.29, 1.82) is 0 Å². The van der Waals surface area contributed by atoms with Crippen molar-refractivity contribution in [3.05, 3.63) is 40.8 Å². The largest absolute Gasteiger partial charge is 0.764 e. The van der Waals surface area contributed by atoms with Crippen molar-refractivity contribution < 1.29 is 18.8 Å². The molecular formula is C9H9N2O4P. The molecule has 0 aliphatic carbocycles. The molecule has 1 unspecified atom stereocenters. The third kappa shape index (κ3) is 3.83. The number of carbonyl (C=O) groups excluding carboxylic acids is 1. The Labute approximate surface area is 92.2 Å². The summed E-state index contributed by atoms with van der Waals surface area (Å²) in [6, 6.07) is 8.24. The van der Waals surface area contributed by atoms with Crippen molar-refractivity contribution in [3.8, 4) is 5.81 Å². The summed E-state index contributed by atoms with van der Waals surface area (Å²) < 4.78 is 14.8. The van der Waals surface area contributed by atoms with Crippen molar-refractivity contribution in [1.82, 2.24) is 5.43 Å². The molecule has 1 aromatic rings. The van der Waals surface area contributed by atoms with E-state index >= 15 is 0 Å². The molecule has 0 aromatic heterocycles. The summed E-state index contributed by atoms with van der Waals surface area (Å²) in [4.78, 5) is 25.2. The van der Waals surface area contributed by atoms with Gasteiger partial charge >= 0.3 is 11.7 Å². The van der Waals surface area contributed by atoms with E-state index in [2.05, 4.69) is 9.48 Å². The quantitative estimate of drug-likeness (QED) is 0.612. The van der Waals surface area contributed by atoms with E-state index in [9.17, 15) is 14.3 Å². The number of hydrogen-bond donors (Lipinski definition) is 1. The van der Waals surface area contributed by atoms with E-state index in [0.717, 1.165) is 7.11 Å². The monoisotopic (exact) mass is 240 g/mol. The standard InChI is InChI=1S/C9H9N2O4P/c1-15-16(13,14)7-10-11-9(12)8-5-3-2-4-6-8/h2-6H,1H3,(H-,11,12,13,14). The highest BCUT2D eigenvalue weighted by atomic mass is 31.2. The molecule has 0 aliphatic heterocycles. The number of carbonyl (C=O) groups is 1. The summed E-state index contributed by atoms with van der Waals surface area (Å²) >= 11 is 0. The van der Waals surface area contributed by atoms with Gasteiger partial charge in [-0.3, -0.25) is 9.36 Å². The zero-order valence-corrected chi connectivity index (χ0v) is 9.31. The van der Waals surface area contributed by atoms with Crippen molar-refractivity contribution in [3.63, 3.8) is 0 Å². The third-order valence-electron chi connectivity index (χ3n) is 1.61. The maximum atomic E-state index is 11.3. The Hall–Kier alpha value is -1.67. The average molecular weight is 240 g/mol. The maximum absolute atomic E-state index is 11.3. The second-order valence-corrected chi connectivity index (χ2v) is 4.26. The van der Waals surface area contributed by atoms with E-state index in [-0.39, 0.29) is 0 Å². The van der Waals surface area contributed by atoms with Gasteiger partial charge in [-0.15, -0.1) is 0 Å². The zero-order valence-electron chi connectivity index (χ0n) is 8.41. The first kappa shape index (κ1) is 12.4. The van der Waals surface area contributed by atoms with Crippen LogP contribution in [0, 0.1) is 5.81 Å². The second kappa shape index (κ2) is 5.42. The van der Waals surface area contributed by atoms with E-state index < -0.39 is 13.5 Å². The van der Waals surface area contributed by atoms with Crippen LogP contribution in [0.1, 0.15) is 10.4 Å². The van der Waals surface area contributed by atoms with Gasteiger partial charge in [-0.1, -0.05) is 18.2 Å². The van der Waals surface area contributed by atoms with Crippen LogP contribution in [-0.2, 0) is 9.09 Å². The molecular weight excluding hydrogens is 231 g/mol. The molecule has 1 atom stereocenters. The highest BCUT2D eigenvalue weighted by Gasteiger charge is 2.12. The molecule has 7 heteroatoms. The van der Waals surface area contributed by atoms with Crippen molar-refractivity contribution in [2.75, 3.05) is 7.11 Å². The Morgan fingerprint density at radius 2 is 2.12 bits per heavy atom. The first-order valence-electron chi connectivity index (χ1n) is 4.24. The maximum Gasteiger partial charge on any atom is 0.396 e. The van der Waals surface area contributed by atoms with Gasteiger partial charge in [0.2, 0.25) is 0 Å². The smallest absolute Gasteiger partial charge is 0.396 e. The Kier molecular flexibility index (Phi) is 4.20. The van der Waals surface area contributed by atoms with Crippen LogP contribution in [0.4, 0.5) is 0 Å². The highest BCUT2D eigenvalue weighted by Crippen LogP contribution is 2.33. The van der Waals surface area contributed by atoms with Crippen molar-refractivity contribution in [2.45, 2.75) is 0 Å². The molecule has 0 saturated carbocycles. The Morgan fingerprint density at radius 1 is 1.50 bits per heavy atom. The van der Waals surface area contributed by atoms with Crippen LogP contribution in [0.15, 0.2) is 30.3 Å². The minimum absolute atomic E-state index is 0.367. The molecule has 0 heterocycles. The molecule has 0 fully saturated rings. The molecule has 1 N–H and O–H groups in total. The van der Waals surface area contributed by atoms with Crippen LogP contribution < -0.4 is 10.3 Å². The average Bonchev–Trinajstić information content (AvgIpc) is 2.30. The second-order valence-electron chi connectivity index (χ2n) is 2.70. The normalized spacial score (nSPS) is 13.1. The van der Waals surface area contributed by atoms with Crippen LogP contribution in [0.3, 0.4) is 0 Å². The summed E-state index contributed by atoms with van der Waals surface area (Å²) in [5.41, 5.74) is 2.38. The molecule has 16 heavy (non-hydrogen) atoms. The highest BCUT2D eigenvalue weighted by molar-refractivity contribution is 7.56. The van der Waals surface area contributed by atoms with Gasteiger partial charge < -0.3 is 9.42 Å². The SMILES string of the molecule is COP(=O)([O-])C#[N+]NC(=O)c1ccccc1. The predicted octanol–water partition coefficient (Wildman–Crippen LogP) is 0.822. The van der Waals surface area contributed by atoms with Crippen LogP contribution >= 0.6 is 7.60 Å². The fraction of sp³-hybridized carbons (Fsp3) is 0.111. The van der Waals surface area contributed by atoms with Crippen LogP contribution in [0.25, 0.3) is 4.95 Å². The van der Waals surface area contributed by atoms with Gasteiger partial charge in [0.25, 0.3) is 7.60 Å². The first-order chi connectivity index (χ1) is 7.55. The number of amides is 1. The third-order valence-corrected chi connectivity index (χ3v) is 2.43. The molecule has 0 bridgehead atoms. The van der Waals surface area contributed by atoms with Crippen LogP contribution in [0.2, 0.25) is 0 Å². The summed E-state index contributed by atoms with van der Waals surface area (Å²) in [5, 5.41) is 0. The molecule has 0 aliphatic rings.